The fourth-order valence-electron chi connectivity index (χ4n) is 2.18. The number of amides is 1. The molecule has 0 saturated heterocycles. The number of hydrogen-bond donors (Lipinski definition) is 3. The number of primary sulfonamides is 1. The minimum absolute atomic E-state index is 0. The van der Waals surface area contributed by atoms with Gasteiger partial charge < -0.3 is 11.1 Å². The Morgan fingerprint density at radius 3 is 2.55 bits per heavy atom. The Balaban J connectivity index is 0.00000242. The van der Waals surface area contributed by atoms with Gasteiger partial charge in [-0.05, 0) is 43.4 Å². The van der Waals surface area contributed by atoms with Gasteiger partial charge in [-0.2, -0.15) is 0 Å². The van der Waals surface area contributed by atoms with Crippen LogP contribution in [0.2, 0.25) is 0 Å². The molecule has 1 fully saturated rings. The quantitative estimate of drug-likeness (QED) is 0.676. The van der Waals surface area contributed by atoms with Crippen molar-refractivity contribution in [3.05, 3.63) is 27.7 Å². The molecule has 0 aromatic heterocycles. The SMILES string of the molecule is Cc1c(C(=O)NCC(N)C2CC2)cc(Br)cc1S(N)(=O)=O.Cl. The molecular formula is C13H19BrClN3O3S. The van der Waals surface area contributed by atoms with Crippen molar-refractivity contribution in [2.75, 3.05) is 6.54 Å². The number of sulfonamides is 1. The van der Waals surface area contributed by atoms with E-state index in [0.29, 0.717) is 22.5 Å². The highest BCUT2D eigenvalue weighted by Crippen LogP contribution is 2.31. The van der Waals surface area contributed by atoms with Crippen LogP contribution < -0.4 is 16.2 Å². The van der Waals surface area contributed by atoms with Gasteiger partial charge in [0.25, 0.3) is 5.91 Å². The average molecular weight is 413 g/mol. The molecule has 1 aromatic rings. The van der Waals surface area contributed by atoms with E-state index in [2.05, 4.69) is 21.2 Å². The third-order valence-corrected chi connectivity index (χ3v) is 5.10. The van der Waals surface area contributed by atoms with E-state index in [4.69, 9.17) is 10.9 Å². The summed E-state index contributed by atoms with van der Waals surface area (Å²) in [5.41, 5.74) is 6.54. The topological polar surface area (TPSA) is 115 Å². The minimum Gasteiger partial charge on any atom is -0.350 e. The van der Waals surface area contributed by atoms with E-state index < -0.39 is 10.0 Å². The molecule has 1 aliphatic carbocycles. The molecule has 1 atom stereocenters. The predicted molar refractivity (Wildman–Crippen MR) is 90.5 cm³/mol. The summed E-state index contributed by atoms with van der Waals surface area (Å²) in [4.78, 5) is 12.2. The number of benzene rings is 1. The van der Waals surface area contributed by atoms with Crippen LogP contribution in [0.4, 0.5) is 0 Å². The van der Waals surface area contributed by atoms with Gasteiger partial charge in [0.15, 0.2) is 0 Å². The number of carbonyl (C=O) groups excluding carboxylic acids is 1. The maximum Gasteiger partial charge on any atom is 0.251 e. The first-order valence-electron chi connectivity index (χ1n) is 6.57. The summed E-state index contributed by atoms with van der Waals surface area (Å²) in [6.07, 6.45) is 2.20. The molecule has 0 radical (unpaired) electrons. The minimum atomic E-state index is -3.88. The molecule has 124 valence electrons. The second-order valence-corrected chi connectivity index (χ2v) is 7.78. The van der Waals surface area contributed by atoms with E-state index in [1.807, 2.05) is 0 Å². The Bertz CT molecular complexity index is 677. The first-order chi connectivity index (χ1) is 9.70. The van der Waals surface area contributed by atoms with Gasteiger partial charge in [-0.25, -0.2) is 13.6 Å². The normalized spacial score (nSPS) is 15.8. The maximum atomic E-state index is 12.2. The summed E-state index contributed by atoms with van der Waals surface area (Å²) in [5, 5.41) is 7.91. The molecule has 1 amide bonds. The highest BCUT2D eigenvalue weighted by molar-refractivity contribution is 9.10. The number of rotatable bonds is 5. The van der Waals surface area contributed by atoms with Crippen molar-refractivity contribution in [1.29, 1.82) is 0 Å². The number of halogens is 2. The van der Waals surface area contributed by atoms with Crippen molar-refractivity contribution in [2.24, 2.45) is 16.8 Å². The first kappa shape index (κ1) is 19.4. The van der Waals surface area contributed by atoms with E-state index in [-0.39, 0.29) is 34.8 Å². The lowest BCUT2D eigenvalue weighted by molar-refractivity contribution is 0.0949. The molecule has 0 spiro atoms. The van der Waals surface area contributed by atoms with Crippen molar-refractivity contribution >= 4 is 44.3 Å². The number of hydrogen-bond acceptors (Lipinski definition) is 4. The second-order valence-electron chi connectivity index (χ2n) is 5.33. The third kappa shape index (κ3) is 4.66. The Hall–Kier alpha value is -0.670. The lowest BCUT2D eigenvalue weighted by Crippen LogP contribution is -2.38. The number of carbonyl (C=O) groups is 1. The summed E-state index contributed by atoms with van der Waals surface area (Å²) >= 11 is 3.20. The van der Waals surface area contributed by atoms with Crippen molar-refractivity contribution in [2.45, 2.75) is 30.7 Å². The molecule has 0 aliphatic heterocycles. The summed E-state index contributed by atoms with van der Waals surface area (Å²) < 4.78 is 23.6. The van der Waals surface area contributed by atoms with Crippen LogP contribution in [0.25, 0.3) is 0 Å². The van der Waals surface area contributed by atoms with Crippen molar-refractivity contribution in [3.8, 4) is 0 Å². The average Bonchev–Trinajstić information content (AvgIpc) is 3.20. The van der Waals surface area contributed by atoms with Gasteiger partial charge >= 0.3 is 0 Å². The van der Waals surface area contributed by atoms with Crippen molar-refractivity contribution < 1.29 is 13.2 Å². The predicted octanol–water partition coefficient (Wildman–Crippen LogP) is 1.29. The Labute approximate surface area is 144 Å². The molecule has 1 aromatic carbocycles. The zero-order chi connectivity index (χ0) is 15.8. The number of nitrogens with one attached hydrogen (secondary N) is 1. The summed E-state index contributed by atoms with van der Waals surface area (Å²) in [5.74, 6) is 0.128. The maximum absolute atomic E-state index is 12.2. The molecule has 0 heterocycles. The van der Waals surface area contributed by atoms with E-state index in [0.717, 1.165) is 12.8 Å². The zero-order valence-electron chi connectivity index (χ0n) is 12.0. The zero-order valence-corrected chi connectivity index (χ0v) is 15.2. The fraction of sp³-hybridized carbons (Fsp3) is 0.462. The van der Waals surface area contributed by atoms with Gasteiger partial charge in [-0.1, -0.05) is 15.9 Å². The van der Waals surface area contributed by atoms with Crippen molar-refractivity contribution in [1.82, 2.24) is 5.32 Å². The Morgan fingerprint density at radius 1 is 1.45 bits per heavy atom. The van der Waals surface area contributed by atoms with Crippen LogP contribution in [0.15, 0.2) is 21.5 Å². The molecule has 5 N–H and O–H groups in total. The standard InChI is InChI=1S/C13H18BrN3O3S.ClH/c1-7-10(4-9(14)5-12(7)21(16,19)20)13(18)17-6-11(15)8-2-3-8;/h4-5,8,11H,2-3,6,15H2,1H3,(H,17,18)(H2,16,19,20);1H. The summed E-state index contributed by atoms with van der Waals surface area (Å²) in [6, 6.07) is 2.90. The Kier molecular flexibility index (Phi) is 6.40. The fourth-order valence-corrected chi connectivity index (χ4v) is 3.62. The van der Waals surface area contributed by atoms with E-state index in [1.54, 1.807) is 13.0 Å². The summed E-state index contributed by atoms with van der Waals surface area (Å²) in [7, 11) is -3.88. The monoisotopic (exact) mass is 411 g/mol. The van der Waals surface area contributed by atoms with E-state index in [1.165, 1.54) is 6.07 Å². The second kappa shape index (κ2) is 7.27. The lowest BCUT2D eigenvalue weighted by Gasteiger charge is -2.14. The molecule has 1 saturated carbocycles. The van der Waals surface area contributed by atoms with Gasteiger partial charge in [0.05, 0.1) is 4.90 Å². The number of nitrogens with two attached hydrogens (primary N) is 2. The lowest BCUT2D eigenvalue weighted by atomic mass is 10.1. The van der Waals surface area contributed by atoms with Gasteiger partial charge in [0.2, 0.25) is 10.0 Å². The van der Waals surface area contributed by atoms with Crippen LogP contribution in [-0.2, 0) is 10.0 Å². The molecule has 1 aliphatic rings. The van der Waals surface area contributed by atoms with Crippen LogP contribution in [-0.4, -0.2) is 26.9 Å². The van der Waals surface area contributed by atoms with Crippen LogP contribution in [0.1, 0.15) is 28.8 Å². The van der Waals surface area contributed by atoms with Gasteiger partial charge in [-0.15, -0.1) is 12.4 Å². The van der Waals surface area contributed by atoms with Crippen LogP contribution in [0, 0.1) is 12.8 Å². The van der Waals surface area contributed by atoms with Crippen LogP contribution in [0.3, 0.4) is 0 Å². The Morgan fingerprint density at radius 2 is 2.05 bits per heavy atom. The van der Waals surface area contributed by atoms with Gasteiger partial charge in [-0.3, -0.25) is 4.79 Å². The van der Waals surface area contributed by atoms with Crippen LogP contribution >= 0.6 is 28.3 Å². The summed E-state index contributed by atoms with van der Waals surface area (Å²) in [6.45, 7) is 1.93. The van der Waals surface area contributed by atoms with E-state index in [9.17, 15) is 13.2 Å². The molecule has 2 rings (SSSR count). The first-order valence-corrected chi connectivity index (χ1v) is 8.91. The molecule has 0 bridgehead atoms. The third-order valence-electron chi connectivity index (χ3n) is 3.60. The highest BCUT2D eigenvalue weighted by Gasteiger charge is 2.29. The molecule has 1 unspecified atom stereocenters. The smallest absolute Gasteiger partial charge is 0.251 e. The molecular weight excluding hydrogens is 394 g/mol. The highest BCUT2D eigenvalue weighted by atomic mass is 79.9. The molecule has 9 heteroatoms. The van der Waals surface area contributed by atoms with Crippen molar-refractivity contribution in [3.63, 3.8) is 0 Å². The molecule has 6 nitrogen and oxygen atoms in total. The molecule has 22 heavy (non-hydrogen) atoms. The largest absolute Gasteiger partial charge is 0.350 e. The van der Waals surface area contributed by atoms with E-state index >= 15 is 0 Å². The van der Waals surface area contributed by atoms with Gasteiger partial charge in [0.1, 0.15) is 0 Å². The van der Waals surface area contributed by atoms with Crippen LogP contribution in [0.5, 0.6) is 0 Å². The van der Waals surface area contributed by atoms with Gasteiger partial charge in [0, 0.05) is 22.6 Å².